The van der Waals surface area contributed by atoms with Crippen LogP contribution in [0, 0.1) is 0 Å². The molecule has 0 amide bonds. The quantitative estimate of drug-likeness (QED) is 0.798. The zero-order chi connectivity index (χ0) is 13.5. The molecule has 1 unspecified atom stereocenters. The molecule has 1 aliphatic heterocycles. The van der Waals surface area contributed by atoms with Crippen LogP contribution >= 0.6 is 0 Å². The zero-order valence-electron chi connectivity index (χ0n) is 12.2. The Bertz CT molecular complexity index is 381. The predicted molar refractivity (Wildman–Crippen MR) is 79.6 cm³/mol. The van der Waals surface area contributed by atoms with Crippen LogP contribution in [0.5, 0.6) is 5.75 Å². The second-order valence-electron chi connectivity index (χ2n) is 5.31. The van der Waals surface area contributed by atoms with Gasteiger partial charge in [0.15, 0.2) is 0 Å². The zero-order valence-corrected chi connectivity index (χ0v) is 12.2. The molecule has 1 N–H and O–H groups in total. The Morgan fingerprint density at radius 1 is 1.32 bits per heavy atom. The molecule has 0 fully saturated rings. The minimum absolute atomic E-state index is 0.596. The lowest BCUT2D eigenvalue weighted by Crippen LogP contribution is -2.36. The summed E-state index contributed by atoms with van der Waals surface area (Å²) in [7, 11) is 0. The summed E-state index contributed by atoms with van der Waals surface area (Å²) >= 11 is 0. The SMILES string of the molecule is CCCNCCC(C)N1CCOc2ccccc2C1. The highest BCUT2D eigenvalue weighted by Crippen LogP contribution is 2.23. The Balaban J connectivity index is 1.87. The van der Waals surface area contributed by atoms with Gasteiger partial charge in [-0.05, 0) is 38.9 Å². The number of rotatable bonds is 6. The van der Waals surface area contributed by atoms with Crippen LogP contribution < -0.4 is 10.1 Å². The maximum atomic E-state index is 5.81. The van der Waals surface area contributed by atoms with Gasteiger partial charge in [0.1, 0.15) is 12.4 Å². The minimum Gasteiger partial charge on any atom is -0.492 e. The Labute approximate surface area is 116 Å². The molecule has 0 aliphatic carbocycles. The van der Waals surface area contributed by atoms with E-state index in [0.717, 1.165) is 38.5 Å². The molecule has 1 aromatic rings. The first-order valence-corrected chi connectivity index (χ1v) is 7.46. The summed E-state index contributed by atoms with van der Waals surface area (Å²) in [6, 6.07) is 8.99. The Kier molecular flexibility index (Phi) is 5.67. The van der Waals surface area contributed by atoms with Crippen LogP contribution in [0.3, 0.4) is 0 Å². The number of ether oxygens (including phenoxy) is 1. The van der Waals surface area contributed by atoms with Gasteiger partial charge in [-0.1, -0.05) is 25.1 Å². The lowest BCUT2D eigenvalue weighted by atomic mass is 10.1. The second kappa shape index (κ2) is 7.51. The Morgan fingerprint density at radius 3 is 3.00 bits per heavy atom. The van der Waals surface area contributed by atoms with Crippen LogP contribution in [0.2, 0.25) is 0 Å². The highest BCUT2D eigenvalue weighted by atomic mass is 16.5. The molecule has 1 atom stereocenters. The molecule has 1 aliphatic rings. The van der Waals surface area contributed by atoms with Crippen molar-refractivity contribution in [2.75, 3.05) is 26.2 Å². The molecule has 0 radical (unpaired) electrons. The lowest BCUT2D eigenvalue weighted by molar-refractivity contribution is 0.171. The van der Waals surface area contributed by atoms with Gasteiger partial charge in [-0.15, -0.1) is 0 Å². The van der Waals surface area contributed by atoms with Crippen LogP contribution in [0.25, 0.3) is 0 Å². The van der Waals surface area contributed by atoms with Gasteiger partial charge in [-0.3, -0.25) is 4.90 Å². The summed E-state index contributed by atoms with van der Waals surface area (Å²) < 4.78 is 5.81. The molecule has 106 valence electrons. The monoisotopic (exact) mass is 262 g/mol. The van der Waals surface area contributed by atoms with Crippen LogP contribution in [0.1, 0.15) is 32.3 Å². The molecule has 3 nitrogen and oxygen atoms in total. The maximum absolute atomic E-state index is 5.81. The third-order valence-electron chi connectivity index (χ3n) is 3.77. The number of nitrogens with zero attached hydrogens (tertiary/aromatic N) is 1. The number of para-hydroxylation sites is 1. The molecule has 19 heavy (non-hydrogen) atoms. The third-order valence-corrected chi connectivity index (χ3v) is 3.77. The summed E-state index contributed by atoms with van der Waals surface area (Å²) in [5.74, 6) is 1.06. The van der Waals surface area contributed by atoms with E-state index in [1.807, 2.05) is 6.07 Å². The third kappa shape index (κ3) is 4.22. The highest BCUT2D eigenvalue weighted by molar-refractivity contribution is 5.33. The van der Waals surface area contributed by atoms with Crippen molar-refractivity contribution in [1.82, 2.24) is 10.2 Å². The summed E-state index contributed by atoms with van der Waals surface area (Å²) in [4.78, 5) is 2.53. The standard InChI is InChI=1S/C16H26N2O/c1-3-9-17-10-8-14(2)18-11-12-19-16-7-5-4-6-15(16)13-18/h4-7,14,17H,3,8-13H2,1-2H3. The van der Waals surface area contributed by atoms with Crippen LogP contribution in [-0.2, 0) is 6.54 Å². The van der Waals surface area contributed by atoms with Gasteiger partial charge >= 0.3 is 0 Å². The first-order valence-electron chi connectivity index (χ1n) is 7.46. The number of nitrogens with one attached hydrogen (secondary N) is 1. The molecule has 0 aromatic heterocycles. The molecule has 0 saturated heterocycles. The Morgan fingerprint density at radius 2 is 2.16 bits per heavy atom. The first kappa shape index (κ1) is 14.4. The number of fused-ring (bicyclic) bond motifs is 1. The van der Waals surface area contributed by atoms with Gasteiger partial charge in [-0.2, -0.15) is 0 Å². The van der Waals surface area contributed by atoms with Crippen molar-refractivity contribution in [2.24, 2.45) is 0 Å². The van der Waals surface area contributed by atoms with Crippen LogP contribution in [-0.4, -0.2) is 37.2 Å². The van der Waals surface area contributed by atoms with E-state index in [1.165, 1.54) is 18.4 Å². The van der Waals surface area contributed by atoms with Crippen molar-refractivity contribution in [3.05, 3.63) is 29.8 Å². The van der Waals surface area contributed by atoms with Crippen molar-refractivity contribution >= 4 is 0 Å². The molecule has 1 heterocycles. The first-order chi connectivity index (χ1) is 9.31. The molecule has 3 heteroatoms. The van der Waals surface area contributed by atoms with E-state index in [0.29, 0.717) is 6.04 Å². The van der Waals surface area contributed by atoms with Crippen LogP contribution in [0.4, 0.5) is 0 Å². The Hall–Kier alpha value is -1.06. The van der Waals surface area contributed by atoms with Gasteiger partial charge in [0.25, 0.3) is 0 Å². The van der Waals surface area contributed by atoms with E-state index in [-0.39, 0.29) is 0 Å². The molecule has 0 saturated carbocycles. The van der Waals surface area contributed by atoms with Gasteiger partial charge in [-0.25, -0.2) is 0 Å². The van der Waals surface area contributed by atoms with E-state index >= 15 is 0 Å². The van der Waals surface area contributed by atoms with Crippen molar-refractivity contribution in [1.29, 1.82) is 0 Å². The fourth-order valence-electron chi connectivity index (χ4n) is 2.52. The second-order valence-corrected chi connectivity index (χ2v) is 5.31. The average molecular weight is 262 g/mol. The minimum atomic E-state index is 0.596. The summed E-state index contributed by atoms with van der Waals surface area (Å²) in [6.45, 7) is 9.58. The summed E-state index contributed by atoms with van der Waals surface area (Å²) in [5.41, 5.74) is 1.31. The predicted octanol–water partition coefficient (Wildman–Crippen LogP) is 2.66. The molecule has 0 bridgehead atoms. The van der Waals surface area contributed by atoms with Crippen LogP contribution in [0.15, 0.2) is 24.3 Å². The van der Waals surface area contributed by atoms with Crippen molar-refractivity contribution in [3.63, 3.8) is 0 Å². The fraction of sp³-hybridized carbons (Fsp3) is 0.625. The summed E-state index contributed by atoms with van der Waals surface area (Å²) in [5, 5.41) is 3.48. The largest absolute Gasteiger partial charge is 0.492 e. The van der Waals surface area contributed by atoms with Gasteiger partial charge in [0.05, 0.1) is 0 Å². The maximum Gasteiger partial charge on any atom is 0.123 e. The van der Waals surface area contributed by atoms with Gasteiger partial charge in [0, 0.05) is 24.7 Å². The molecule has 2 rings (SSSR count). The number of hydrogen-bond acceptors (Lipinski definition) is 3. The average Bonchev–Trinajstić information content (AvgIpc) is 2.65. The van der Waals surface area contributed by atoms with Crippen molar-refractivity contribution in [2.45, 2.75) is 39.3 Å². The molecular weight excluding hydrogens is 236 g/mol. The van der Waals surface area contributed by atoms with E-state index in [1.54, 1.807) is 0 Å². The molecule has 0 spiro atoms. The summed E-state index contributed by atoms with van der Waals surface area (Å²) in [6.07, 6.45) is 2.40. The highest BCUT2D eigenvalue weighted by Gasteiger charge is 2.19. The van der Waals surface area contributed by atoms with Crippen molar-refractivity contribution in [3.8, 4) is 5.75 Å². The lowest BCUT2D eigenvalue weighted by Gasteiger charge is -2.27. The van der Waals surface area contributed by atoms with Crippen molar-refractivity contribution < 1.29 is 4.74 Å². The normalized spacial score (nSPS) is 17.4. The molecule has 1 aromatic carbocycles. The number of benzene rings is 1. The van der Waals surface area contributed by atoms with E-state index < -0.39 is 0 Å². The smallest absolute Gasteiger partial charge is 0.123 e. The number of hydrogen-bond donors (Lipinski definition) is 1. The fourth-order valence-corrected chi connectivity index (χ4v) is 2.52. The van der Waals surface area contributed by atoms with Gasteiger partial charge in [0.2, 0.25) is 0 Å². The topological polar surface area (TPSA) is 24.5 Å². The van der Waals surface area contributed by atoms with E-state index in [4.69, 9.17) is 4.74 Å². The van der Waals surface area contributed by atoms with Gasteiger partial charge < -0.3 is 10.1 Å². The van der Waals surface area contributed by atoms with E-state index in [2.05, 4.69) is 42.3 Å². The van der Waals surface area contributed by atoms with E-state index in [9.17, 15) is 0 Å². The molecular formula is C16H26N2O.